The minimum absolute atomic E-state index is 0.0286. The normalized spacial score (nSPS) is 12.2. The van der Waals surface area contributed by atoms with Gasteiger partial charge in [0.25, 0.3) is 10.0 Å². The van der Waals surface area contributed by atoms with E-state index in [0.29, 0.717) is 0 Å². The summed E-state index contributed by atoms with van der Waals surface area (Å²) in [5, 5.41) is 3.02. The maximum Gasteiger partial charge on any atom is 0.264 e. The van der Waals surface area contributed by atoms with E-state index in [9.17, 15) is 18.0 Å². The zero-order valence-corrected chi connectivity index (χ0v) is 24.8. The smallest absolute Gasteiger partial charge is 0.264 e. The van der Waals surface area contributed by atoms with Crippen molar-refractivity contribution in [2.75, 3.05) is 10.8 Å². The second-order valence-corrected chi connectivity index (χ2v) is 12.4. The van der Waals surface area contributed by atoms with E-state index in [-0.39, 0.29) is 34.1 Å². The van der Waals surface area contributed by atoms with Gasteiger partial charge in [-0.2, -0.15) is 0 Å². The maximum atomic E-state index is 13.9. The summed E-state index contributed by atoms with van der Waals surface area (Å²) in [4.78, 5) is 28.2. The number of rotatable bonds is 10. The number of hydrogen-bond acceptors (Lipinski definition) is 4. The lowest BCUT2D eigenvalue weighted by Crippen LogP contribution is -2.52. The number of carbonyl (C=O) groups is 2. The van der Waals surface area contributed by atoms with Gasteiger partial charge in [0.05, 0.1) is 15.6 Å². The number of para-hydroxylation sites is 1. The highest BCUT2D eigenvalue weighted by Crippen LogP contribution is 2.31. The predicted molar refractivity (Wildman–Crippen MR) is 155 cm³/mol. The Balaban J connectivity index is 2.04. The Morgan fingerprint density at radius 3 is 2.13 bits per heavy atom. The molecule has 38 heavy (non-hydrogen) atoms. The molecule has 2 amide bonds. The van der Waals surface area contributed by atoms with Gasteiger partial charge in [-0.25, -0.2) is 8.42 Å². The number of nitrogens with one attached hydrogen (secondary N) is 1. The summed E-state index contributed by atoms with van der Waals surface area (Å²) >= 11 is 9.82. The van der Waals surface area contributed by atoms with Gasteiger partial charge in [-0.3, -0.25) is 13.9 Å². The molecule has 0 radical (unpaired) electrons. The van der Waals surface area contributed by atoms with Crippen molar-refractivity contribution in [2.24, 2.45) is 0 Å². The molecule has 3 aromatic rings. The Morgan fingerprint density at radius 1 is 0.947 bits per heavy atom. The third-order valence-electron chi connectivity index (χ3n) is 5.87. The van der Waals surface area contributed by atoms with E-state index < -0.39 is 28.5 Å². The number of aryl methyl sites for hydroxylation is 1. The van der Waals surface area contributed by atoms with Crippen molar-refractivity contribution < 1.29 is 18.0 Å². The molecular formula is C28H31BrClN3O4S. The molecule has 0 aliphatic rings. The van der Waals surface area contributed by atoms with Crippen LogP contribution in [-0.2, 0) is 26.2 Å². The lowest BCUT2D eigenvalue weighted by Gasteiger charge is -2.32. The summed E-state index contributed by atoms with van der Waals surface area (Å²) in [5.41, 5.74) is 1.86. The first-order valence-corrected chi connectivity index (χ1v) is 14.7. The molecule has 7 nitrogen and oxygen atoms in total. The van der Waals surface area contributed by atoms with E-state index in [4.69, 9.17) is 11.6 Å². The van der Waals surface area contributed by atoms with Gasteiger partial charge in [0.15, 0.2) is 0 Å². The molecule has 3 aromatic carbocycles. The molecular weight excluding hydrogens is 590 g/mol. The molecule has 0 aromatic heterocycles. The number of benzene rings is 3. The largest absolute Gasteiger partial charge is 0.352 e. The van der Waals surface area contributed by atoms with Gasteiger partial charge < -0.3 is 10.2 Å². The molecule has 1 N–H and O–H groups in total. The minimum Gasteiger partial charge on any atom is -0.352 e. The average Bonchev–Trinajstić information content (AvgIpc) is 2.86. The number of amides is 2. The molecule has 3 rings (SSSR count). The molecule has 0 spiro atoms. The average molecular weight is 621 g/mol. The van der Waals surface area contributed by atoms with E-state index in [1.807, 2.05) is 45.0 Å². The van der Waals surface area contributed by atoms with Crippen LogP contribution in [-0.4, -0.2) is 43.8 Å². The first-order valence-electron chi connectivity index (χ1n) is 12.1. The van der Waals surface area contributed by atoms with Crippen LogP contribution < -0.4 is 9.62 Å². The molecule has 202 valence electrons. The summed E-state index contributed by atoms with van der Waals surface area (Å²) in [7, 11) is -4.17. The number of anilines is 1. The van der Waals surface area contributed by atoms with Gasteiger partial charge in [0.2, 0.25) is 11.8 Å². The fourth-order valence-corrected chi connectivity index (χ4v) is 5.76. The molecule has 10 heteroatoms. The fourth-order valence-electron chi connectivity index (χ4n) is 3.78. The van der Waals surface area contributed by atoms with Crippen molar-refractivity contribution in [3.63, 3.8) is 0 Å². The highest BCUT2D eigenvalue weighted by atomic mass is 79.9. The molecule has 0 saturated carbocycles. The van der Waals surface area contributed by atoms with Crippen molar-refractivity contribution in [3.05, 3.63) is 93.4 Å². The Bertz CT molecular complexity index is 1380. The van der Waals surface area contributed by atoms with E-state index >= 15 is 0 Å². The van der Waals surface area contributed by atoms with Crippen LogP contribution in [0.5, 0.6) is 0 Å². The van der Waals surface area contributed by atoms with Crippen LogP contribution in [0.15, 0.2) is 82.2 Å². The van der Waals surface area contributed by atoms with E-state index in [0.717, 1.165) is 19.9 Å². The number of nitrogens with zero attached hydrogens (tertiary/aromatic N) is 2. The van der Waals surface area contributed by atoms with Gasteiger partial charge in [0.1, 0.15) is 12.6 Å². The van der Waals surface area contributed by atoms with Crippen molar-refractivity contribution in [2.45, 2.75) is 51.2 Å². The fraction of sp³-hybridized carbons (Fsp3) is 0.286. The number of sulfonamides is 1. The van der Waals surface area contributed by atoms with Crippen LogP contribution >= 0.6 is 27.5 Å². The van der Waals surface area contributed by atoms with Crippen LogP contribution in [0.25, 0.3) is 0 Å². The third-order valence-corrected chi connectivity index (χ3v) is 8.50. The standard InChI is InChI=1S/C28H31BrClN3O4S/c1-19(2)31-28(35)21(4)32(17-22-11-13-23(29)14-12-22)27(34)18-33(26-8-6-5-7-25(26)30)38(36,37)24-15-9-20(3)10-16-24/h5-16,19,21H,17-18H2,1-4H3,(H,31,35). The molecule has 0 bridgehead atoms. The summed E-state index contributed by atoms with van der Waals surface area (Å²) in [5.74, 6) is -0.883. The highest BCUT2D eigenvalue weighted by molar-refractivity contribution is 9.10. The second-order valence-electron chi connectivity index (χ2n) is 9.26. The van der Waals surface area contributed by atoms with Gasteiger partial charge >= 0.3 is 0 Å². The Labute approximate surface area is 238 Å². The van der Waals surface area contributed by atoms with E-state index in [1.165, 1.54) is 17.0 Å². The van der Waals surface area contributed by atoms with Crippen LogP contribution in [0, 0.1) is 6.92 Å². The van der Waals surface area contributed by atoms with Gasteiger partial charge in [-0.05, 0) is 69.7 Å². The van der Waals surface area contributed by atoms with Crippen molar-refractivity contribution in [1.29, 1.82) is 0 Å². The zero-order chi connectivity index (χ0) is 28.0. The molecule has 0 aliphatic heterocycles. The number of carbonyl (C=O) groups excluding carboxylic acids is 2. The van der Waals surface area contributed by atoms with Crippen LogP contribution in [0.3, 0.4) is 0 Å². The zero-order valence-electron chi connectivity index (χ0n) is 21.7. The summed E-state index contributed by atoms with van der Waals surface area (Å²) in [6.45, 7) is 6.71. The van der Waals surface area contributed by atoms with Gasteiger partial charge in [-0.15, -0.1) is 0 Å². The quantitative estimate of drug-likeness (QED) is 0.322. The first kappa shape index (κ1) is 29.7. The molecule has 1 atom stereocenters. The monoisotopic (exact) mass is 619 g/mol. The van der Waals surface area contributed by atoms with Crippen LogP contribution in [0.4, 0.5) is 5.69 Å². The predicted octanol–water partition coefficient (Wildman–Crippen LogP) is 5.55. The van der Waals surface area contributed by atoms with Gasteiger partial charge in [-0.1, -0.05) is 69.5 Å². The summed E-state index contributed by atoms with van der Waals surface area (Å²) < 4.78 is 29.5. The van der Waals surface area contributed by atoms with Crippen molar-refractivity contribution in [1.82, 2.24) is 10.2 Å². The summed E-state index contributed by atoms with van der Waals surface area (Å²) in [6, 6.07) is 19.2. The molecule has 0 fully saturated rings. The number of hydrogen-bond donors (Lipinski definition) is 1. The SMILES string of the molecule is Cc1ccc(S(=O)(=O)N(CC(=O)N(Cc2ccc(Br)cc2)C(C)C(=O)NC(C)C)c2ccccc2Cl)cc1. The highest BCUT2D eigenvalue weighted by Gasteiger charge is 2.33. The first-order chi connectivity index (χ1) is 17.9. The van der Waals surface area contributed by atoms with E-state index in [2.05, 4.69) is 21.2 Å². The number of halogens is 2. The molecule has 0 aliphatic carbocycles. The minimum atomic E-state index is -4.17. The Morgan fingerprint density at radius 2 is 1.55 bits per heavy atom. The molecule has 0 heterocycles. The lowest BCUT2D eigenvalue weighted by atomic mass is 10.1. The third kappa shape index (κ3) is 7.36. The topological polar surface area (TPSA) is 86.8 Å². The van der Waals surface area contributed by atoms with Crippen molar-refractivity contribution in [3.8, 4) is 0 Å². The van der Waals surface area contributed by atoms with Crippen molar-refractivity contribution >= 4 is 55.1 Å². The Kier molecular flexibility index (Phi) is 9.98. The summed E-state index contributed by atoms with van der Waals surface area (Å²) in [6.07, 6.45) is 0. The Hall–Kier alpha value is -2.88. The van der Waals surface area contributed by atoms with Gasteiger partial charge in [0, 0.05) is 17.1 Å². The van der Waals surface area contributed by atoms with Crippen LogP contribution in [0.2, 0.25) is 5.02 Å². The molecule has 0 saturated heterocycles. The van der Waals surface area contributed by atoms with E-state index in [1.54, 1.807) is 43.3 Å². The maximum absolute atomic E-state index is 13.9. The lowest BCUT2D eigenvalue weighted by molar-refractivity contribution is -0.139. The second kappa shape index (κ2) is 12.8. The molecule has 1 unspecified atom stereocenters. The van der Waals surface area contributed by atoms with Crippen LogP contribution in [0.1, 0.15) is 31.9 Å².